The van der Waals surface area contributed by atoms with Gasteiger partial charge < -0.3 is 15.6 Å². The molecule has 7 nitrogen and oxygen atoms in total. The van der Waals surface area contributed by atoms with Crippen molar-refractivity contribution in [2.75, 3.05) is 17.2 Å². The van der Waals surface area contributed by atoms with Gasteiger partial charge in [0.1, 0.15) is 11.7 Å². The SMILES string of the molecule is Cc1cc(NC2=NCC(C3CC3)=C2)nc(N[C@@H](C)c2ccc3nc[nH]c3c2)n1. The summed E-state index contributed by atoms with van der Waals surface area (Å²) in [6, 6.07) is 8.20. The van der Waals surface area contributed by atoms with Crippen molar-refractivity contribution < 1.29 is 0 Å². The molecule has 5 rings (SSSR count). The number of aryl methyl sites for hydroxylation is 1. The van der Waals surface area contributed by atoms with Gasteiger partial charge in [-0.05, 0) is 62.0 Å². The number of benzene rings is 1. The number of nitrogens with one attached hydrogen (secondary N) is 3. The zero-order valence-electron chi connectivity index (χ0n) is 16.0. The van der Waals surface area contributed by atoms with Gasteiger partial charge in [-0.15, -0.1) is 0 Å². The molecule has 0 unspecified atom stereocenters. The van der Waals surface area contributed by atoms with Crippen LogP contribution in [0.15, 0.2) is 47.2 Å². The standard InChI is InChI=1S/C21H23N7/c1-12-7-20(27-19-9-16(10-22-19)14-3-4-14)28-21(25-12)26-13(2)15-5-6-17-18(8-15)24-11-23-17/h5-9,11,13-14H,3-4,10H2,1-2H3,(H,23,24)(H2,22,25,26,27,28)/t13-/m0/s1. The largest absolute Gasteiger partial charge is 0.348 e. The van der Waals surface area contributed by atoms with Crippen molar-refractivity contribution in [1.82, 2.24) is 19.9 Å². The van der Waals surface area contributed by atoms with Crippen molar-refractivity contribution in [1.29, 1.82) is 0 Å². The Morgan fingerprint density at radius 1 is 1.18 bits per heavy atom. The van der Waals surface area contributed by atoms with E-state index in [4.69, 9.17) is 0 Å². The van der Waals surface area contributed by atoms with Crippen LogP contribution in [0.4, 0.5) is 11.8 Å². The molecule has 0 radical (unpaired) electrons. The summed E-state index contributed by atoms with van der Waals surface area (Å²) in [5.74, 6) is 3.01. The molecular formula is C21H23N7. The van der Waals surface area contributed by atoms with E-state index in [1.54, 1.807) is 6.33 Å². The lowest BCUT2D eigenvalue weighted by molar-refractivity contribution is 0.859. The van der Waals surface area contributed by atoms with E-state index < -0.39 is 0 Å². The fourth-order valence-corrected chi connectivity index (χ4v) is 3.55. The number of imidazole rings is 1. The molecule has 0 spiro atoms. The van der Waals surface area contributed by atoms with Crippen molar-refractivity contribution in [2.45, 2.75) is 32.7 Å². The highest BCUT2D eigenvalue weighted by molar-refractivity contribution is 6.05. The molecular weight excluding hydrogens is 350 g/mol. The van der Waals surface area contributed by atoms with Crippen molar-refractivity contribution in [3.63, 3.8) is 0 Å². The van der Waals surface area contributed by atoms with E-state index in [-0.39, 0.29) is 6.04 Å². The predicted molar refractivity (Wildman–Crippen MR) is 112 cm³/mol. The van der Waals surface area contributed by atoms with E-state index in [9.17, 15) is 0 Å². The average molecular weight is 373 g/mol. The lowest BCUT2D eigenvalue weighted by atomic mass is 10.1. The first kappa shape index (κ1) is 16.9. The summed E-state index contributed by atoms with van der Waals surface area (Å²) in [5.41, 5.74) is 5.48. The highest BCUT2D eigenvalue weighted by Gasteiger charge is 2.27. The summed E-state index contributed by atoms with van der Waals surface area (Å²) in [6.07, 6.45) is 6.49. The molecule has 1 atom stereocenters. The number of H-pyrrole nitrogens is 1. The molecule has 0 amide bonds. The van der Waals surface area contributed by atoms with Gasteiger partial charge in [0, 0.05) is 11.8 Å². The minimum atomic E-state index is 0.0625. The number of fused-ring (bicyclic) bond motifs is 1. The monoisotopic (exact) mass is 373 g/mol. The quantitative estimate of drug-likeness (QED) is 0.629. The van der Waals surface area contributed by atoms with Gasteiger partial charge in [0.25, 0.3) is 0 Å². The second-order valence-corrected chi connectivity index (χ2v) is 7.58. The Balaban J connectivity index is 1.32. The topological polar surface area (TPSA) is 90.9 Å². The van der Waals surface area contributed by atoms with Gasteiger partial charge >= 0.3 is 0 Å². The zero-order chi connectivity index (χ0) is 19.1. The van der Waals surface area contributed by atoms with Gasteiger partial charge in [-0.1, -0.05) is 6.07 Å². The first-order valence-corrected chi connectivity index (χ1v) is 9.71. The Labute approximate surface area is 163 Å². The first-order chi connectivity index (χ1) is 13.6. The lowest BCUT2D eigenvalue weighted by Crippen LogP contribution is -2.13. The van der Waals surface area contributed by atoms with E-state index in [1.165, 1.54) is 18.4 Å². The fourth-order valence-electron chi connectivity index (χ4n) is 3.55. The van der Waals surface area contributed by atoms with E-state index in [0.29, 0.717) is 5.95 Å². The van der Waals surface area contributed by atoms with E-state index >= 15 is 0 Å². The smallest absolute Gasteiger partial charge is 0.225 e. The summed E-state index contributed by atoms with van der Waals surface area (Å²) in [6.45, 7) is 4.89. The molecule has 1 aromatic carbocycles. The van der Waals surface area contributed by atoms with Crippen LogP contribution in [0.25, 0.3) is 11.0 Å². The molecule has 7 heteroatoms. The number of aromatic nitrogens is 4. The number of aromatic amines is 1. The van der Waals surface area contributed by atoms with Crippen molar-refractivity contribution in [3.05, 3.63) is 53.5 Å². The summed E-state index contributed by atoms with van der Waals surface area (Å²) >= 11 is 0. The Morgan fingerprint density at radius 3 is 2.93 bits per heavy atom. The number of aliphatic imine (C=N–C) groups is 1. The van der Waals surface area contributed by atoms with E-state index in [0.717, 1.165) is 46.4 Å². The molecule has 1 fully saturated rings. The normalized spacial score (nSPS) is 17.4. The van der Waals surface area contributed by atoms with Crippen molar-refractivity contribution >= 4 is 28.6 Å². The first-order valence-electron chi connectivity index (χ1n) is 9.71. The van der Waals surface area contributed by atoms with Crippen LogP contribution in [0.1, 0.15) is 37.1 Å². The van der Waals surface area contributed by atoms with Crippen LogP contribution in [0, 0.1) is 12.8 Å². The van der Waals surface area contributed by atoms with Crippen molar-refractivity contribution in [2.24, 2.45) is 10.9 Å². The van der Waals surface area contributed by atoms with Crippen LogP contribution in [0.2, 0.25) is 0 Å². The van der Waals surface area contributed by atoms with Gasteiger partial charge in [0.05, 0.1) is 29.9 Å². The maximum Gasteiger partial charge on any atom is 0.225 e. The summed E-state index contributed by atoms with van der Waals surface area (Å²) in [7, 11) is 0. The molecule has 0 bridgehead atoms. The summed E-state index contributed by atoms with van der Waals surface area (Å²) < 4.78 is 0. The third-order valence-electron chi connectivity index (χ3n) is 5.26. The van der Waals surface area contributed by atoms with Gasteiger partial charge in [0.2, 0.25) is 5.95 Å². The third-order valence-corrected chi connectivity index (χ3v) is 5.26. The summed E-state index contributed by atoms with van der Waals surface area (Å²) in [5, 5.41) is 6.74. The maximum atomic E-state index is 4.64. The molecule has 3 aromatic rings. The molecule has 142 valence electrons. The number of hydrogen-bond acceptors (Lipinski definition) is 6. The maximum absolute atomic E-state index is 4.64. The summed E-state index contributed by atoms with van der Waals surface area (Å²) in [4.78, 5) is 21.2. The minimum absolute atomic E-state index is 0.0625. The lowest BCUT2D eigenvalue weighted by Gasteiger charge is -2.15. The average Bonchev–Trinajstić information content (AvgIpc) is 3.23. The van der Waals surface area contributed by atoms with Crippen LogP contribution < -0.4 is 10.6 Å². The Bertz CT molecular complexity index is 1090. The Morgan fingerprint density at radius 2 is 2.07 bits per heavy atom. The van der Waals surface area contributed by atoms with E-state index in [2.05, 4.69) is 60.7 Å². The van der Waals surface area contributed by atoms with Crippen LogP contribution >= 0.6 is 0 Å². The second-order valence-electron chi connectivity index (χ2n) is 7.58. The Hall–Kier alpha value is -3.22. The van der Waals surface area contributed by atoms with Gasteiger partial charge in [-0.2, -0.15) is 4.98 Å². The van der Waals surface area contributed by atoms with Crippen molar-refractivity contribution in [3.8, 4) is 0 Å². The molecule has 1 aliphatic carbocycles. The fraction of sp³-hybridized carbons (Fsp3) is 0.333. The zero-order valence-corrected chi connectivity index (χ0v) is 16.0. The van der Waals surface area contributed by atoms with Gasteiger partial charge in [0.15, 0.2) is 0 Å². The Kier molecular flexibility index (Phi) is 4.07. The number of hydrogen-bond donors (Lipinski definition) is 3. The number of nitrogens with zero attached hydrogens (tertiary/aromatic N) is 4. The molecule has 3 heterocycles. The number of rotatable bonds is 5. The number of anilines is 2. The highest BCUT2D eigenvalue weighted by atomic mass is 15.2. The molecule has 0 saturated heterocycles. The molecule has 1 aliphatic heterocycles. The molecule has 1 saturated carbocycles. The van der Waals surface area contributed by atoms with Crippen LogP contribution in [-0.2, 0) is 0 Å². The van der Waals surface area contributed by atoms with Crippen LogP contribution in [0.3, 0.4) is 0 Å². The molecule has 3 N–H and O–H groups in total. The van der Waals surface area contributed by atoms with Crippen LogP contribution in [-0.4, -0.2) is 32.3 Å². The highest BCUT2D eigenvalue weighted by Crippen LogP contribution is 2.37. The third kappa shape index (κ3) is 3.47. The number of amidine groups is 1. The second kappa shape index (κ2) is 6.74. The molecule has 2 aromatic heterocycles. The molecule has 28 heavy (non-hydrogen) atoms. The van der Waals surface area contributed by atoms with Crippen LogP contribution in [0.5, 0.6) is 0 Å². The van der Waals surface area contributed by atoms with Gasteiger partial charge in [-0.3, -0.25) is 4.99 Å². The molecule has 2 aliphatic rings. The predicted octanol–water partition coefficient (Wildman–Crippen LogP) is 3.99. The van der Waals surface area contributed by atoms with Gasteiger partial charge in [-0.25, -0.2) is 9.97 Å². The van der Waals surface area contributed by atoms with E-state index in [1.807, 2.05) is 19.1 Å². The minimum Gasteiger partial charge on any atom is -0.348 e.